The summed E-state index contributed by atoms with van der Waals surface area (Å²) >= 11 is 0. The highest BCUT2D eigenvalue weighted by molar-refractivity contribution is 5.26. The molecule has 0 atom stereocenters. The SMILES string of the molecule is CCCOCCC.N=C=O. The van der Waals surface area contributed by atoms with Crippen LogP contribution in [0.15, 0.2) is 0 Å². The summed E-state index contributed by atoms with van der Waals surface area (Å²) in [5, 5.41) is 5.40. The van der Waals surface area contributed by atoms with E-state index < -0.39 is 0 Å². The van der Waals surface area contributed by atoms with Gasteiger partial charge in [0.1, 0.15) is 0 Å². The van der Waals surface area contributed by atoms with E-state index in [0.717, 1.165) is 32.1 Å². The fraction of sp³-hybridized carbons (Fsp3) is 0.857. The van der Waals surface area contributed by atoms with Gasteiger partial charge in [0.15, 0.2) is 0 Å². The van der Waals surface area contributed by atoms with Gasteiger partial charge in [-0.25, -0.2) is 10.2 Å². The zero-order valence-electron chi connectivity index (χ0n) is 6.64. The normalized spacial score (nSPS) is 7.40. The minimum atomic E-state index is 0.750. The molecule has 0 rings (SSSR count). The second kappa shape index (κ2) is 15.8. The van der Waals surface area contributed by atoms with Crippen molar-refractivity contribution in [3.05, 3.63) is 0 Å². The average molecular weight is 145 g/mol. The molecule has 0 aliphatic rings. The Hall–Kier alpha value is -0.660. The third kappa shape index (κ3) is 26.4. The Labute approximate surface area is 61.9 Å². The molecule has 0 radical (unpaired) electrons. The van der Waals surface area contributed by atoms with Crippen molar-refractivity contribution < 1.29 is 9.53 Å². The standard InChI is InChI=1S/C6H14O.CHNO/c1-3-5-7-6-4-2;2-1-3/h3-6H2,1-2H3;2H. The molecule has 0 unspecified atom stereocenters. The molecular formula is C7H15NO2. The van der Waals surface area contributed by atoms with Gasteiger partial charge >= 0.3 is 0 Å². The topological polar surface area (TPSA) is 50.1 Å². The number of rotatable bonds is 4. The van der Waals surface area contributed by atoms with Crippen LogP contribution in [0.1, 0.15) is 26.7 Å². The second-order valence-corrected chi connectivity index (χ2v) is 1.71. The summed E-state index contributed by atoms with van der Waals surface area (Å²) in [6, 6.07) is 0. The van der Waals surface area contributed by atoms with Crippen LogP contribution in [-0.4, -0.2) is 19.3 Å². The van der Waals surface area contributed by atoms with E-state index >= 15 is 0 Å². The number of hydrogen-bond donors (Lipinski definition) is 1. The van der Waals surface area contributed by atoms with E-state index in [-0.39, 0.29) is 0 Å². The van der Waals surface area contributed by atoms with Crippen LogP contribution in [0.4, 0.5) is 0 Å². The molecule has 60 valence electrons. The van der Waals surface area contributed by atoms with Crippen LogP contribution in [-0.2, 0) is 9.53 Å². The van der Waals surface area contributed by atoms with Crippen LogP contribution in [0.2, 0.25) is 0 Å². The Bertz CT molecular complexity index is 73.7. The van der Waals surface area contributed by atoms with Crippen molar-refractivity contribution in [2.75, 3.05) is 13.2 Å². The van der Waals surface area contributed by atoms with E-state index in [2.05, 4.69) is 13.8 Å². The summed E-state index contributed by atoms with van der Waals surface area (Å²) in [7, 11) is 0. The van der Waals surface area contributed by atoms with Gasteiger partial charge in [0, 0.05) is 13.2 Å². The van der Waals surface area contributed by atoms with E-state index in [1.807, 2.05) is 0 Å². The van der Waals surface area contributed by atoms with Crippen molar-refractivity contribution in [2.45, 2.75) is 26.7 Å². The summed E-state index contributed by atoms with van der Waals surface area (Å²) in [6.07, 6.45) is 3.03. The predicted molar refractivity (Wildman–Crippen MR) is 39.8 cm³/mol. The van der Waals surface area contributed by atoms with Crippen molar-refractivity contribution in [1.29, 1.82) is 5.41 Å². The van der Waals surface area contributed by atoms with Gasteiger partial charge in [-0.05, 0) is 12.8 Å². The van der Waals surface area contributed by atoms with Crippen LogP contribution in [0.3, 0.4) is 0 Å². The Balaban J connectivity index is 0. The van der Waals surface area contributed by atoms with Crippen molar-refractivity contribution in [3.8, 4) is 0 Å². The number of isocyanates is 1. The molecule has 0 fully saturated rings. The Kier molecular flexibility index (Phi) is 19.0. The van der Waals surface area contributed by atoms with Crippen LogP contribution in [0.25, 0.3) is 0 Å². The maximum absolute atomic E-state index is 8.35. The molecule has 0 amide bonds. The summed E-state index contributed by atoms with van der Waals surface area (Å²) in [4.78, 5) is 8.35. The van der Waals surface area contributed by atoms with E-state index in [1.165, 1.54) is 0 Å². The van der Waals surface area contributed by atoms with E-state index in [9.17, 15) is 0 Å². The molecule has 0 aromatic heterocycles. The highest BCUT2D eigenvalue weighted by atomic mass is 16.5. The maximum Gasteiger partial charge on any atom is 0.231 e. The van der Waals surface area contributed by atoms with Crippen LogP contribution < -0.4 is 0 Å². The van der Waals surface area contributed by atoms with E-state index in [0.29, 0.717) is 0 Å². The van der Waals surface area contributed by atoms with Crippen LogP contribution >= 0.6 is 0 Å². The lowest BCUT2D eigenvalue weighted by Gasteiger charge is -1.95. The minimum absolute atomic E-state index is 0.750. The van der Waals surface area contributed by atoms with Crippen molar-refractivity contribution >= 4 is 6.08 Å². The van der Waals surface area contributed by atoms with Crippen molar-refractivity contribution in [3.63, 3.8) is 0 Å². The van der Waals surface area contributed by atoms with E-state index in [4.69, 9.17) is 14.9 Å². The molecule has 0 bridgehead atoms. The van der Waals surface area contributed by atoms with Gasteiger partial charge in [-0.1, -0.05) is 13.8 Å². The van der Waals surface area contributed by atoms with Gasteiger partial charge in [0.05, 0.1) is 0 Å². The summed E-state index contributed by atoms with van der Waals surface area (Å²) in [5.41, 5.74) is 0. The second-order valence-electron chi connectivity index (χ2n) is 1.71. The molecule has 0 saturated carbocycles. The number of nitrogens with one attached hydrogen (secondary N) is 1. The first-order chi connectivity index (χ1) is 4.83. The first-order valence-corrected chi connectivity index (χ1v) is 3.45. The van der Waals surface area contributed by atoms with Gasteiger partial charge in [-0.15, -0.1) is 0 Å². The lowest BCUT2D eigenvalue weighted by atomic mass is 10.5. The quantitative estimate of drug-likeness (QED) is 0.372. The third-order valence-electron chi connectivity index (χ3n) is 0.697. The predicted octanol–water partition coefficient (Wildman–Crippen LogP) is 1.72. The zero-order valence-corrected chi connectivity index (χ0v) is 6.64. The first-order valence-electron chi connectivity index (χ1n) is 3.45. The summed E-state index contributed by atoms with van der Waals surface area (Å²) < 4.78 is 5.13. The zero-order chi connectivity index (χ0) is 8.24. The molecule has 3 heteroatoms. The molecule has 3 nitrogen and oxygen atoms in total. The third-order valence-corrected chi connectivity index (χ3v) is 0.697. The largest absolute Gasteiger partial charge is 0.381 e. The number of hydrogen-bond acceptors (Lipinski definition) is 3. The van der Waals surface area contributed by atoms with E-state index in [1.54, 1.807) is 0 Å². The average Bonchev–Trinajstić information content (AvgIpc) is 1.91. The van der Waals surface area contributed by atoms with Gasteiger partial charge in [0.2, 0.25) is 6.08 Å². The first kappa shape index (κ1) is 12.1. The molecule has 0 aliphatic heterocycles. The molecular weight excluding hydrogens is 130 g/mol. The van der Waals surface area contributed by atoms with Gasteiger partial charge in [0.25, 0.3) is 0 Å². The molecule has 10 heavy (non-hydrogen) atoms. The minimum Gasteiger partial charge on any atom is -0.381 e. The van der Waals surface area contributed by atoms with Gasteiger partial charge in [-0.3, -0.25) is 0 Å². The lowest BCUT2D eigenvalue weighted by Crippen LogP contribution is -1.92. The molecule has 0 aliphatic carbocycles. The van der Waals surface area contributed by atoms with Gasteiger partial charge in [-0.2, -0.15) is 0 Å². The summed E-state index contributed by atoms with van der Waals surface area (Å²) in [5.74, 6) is 0. The monoisotopic (exact) mass is 145 g/mol. The molecule has 1 N–H and O–H groups in total. The highest BCUT2D eigenvalue weighted by Crippen LogP contribution is 1.81. The Morgan fingerprint density at radius 2 is 1.60 bits per heavy atom. The molecule has 0 aromatic carbocycles. The number of carbonyl (C=O) groups excluding carboxylic acids is 1. The maximum atomic E-state index is 8.35. The number of ether oxygens (including phenoxy) is 1. The fourth-order valence-electron chi connectivity index (χ4n) is 0.391. The van der Waals surface area contributed by atoms with Crippen molar-refractivity contribution in [1.82, 2.24) is 0 Å². The smallest absolute Gasteiger partial charge is 0.231 e. The summed E-state index contributed by atoms with van der Waals surface area (Å²) in [6.45, 7) is 6.09. The van der Waals surface area contributed by atoms with Crippen LogP contribution in [0, 0.1) is 5.41 Å². The molecule has 0 saturated heterocycles. The van der Waals surface area contributed by atoms with Crippen molar-refractivity contribution in [2.24, 2.45) is 0 Å². The highest BCUT2D eigenvalue weighted by Gasteiger charge is 1.77. The lowest BCUT2D eigenvalue weighted by molar-refractivity contribution is 0.135. The Morgan fingerprint density at radius 3 is 1.80 bits per heavy atom. The molecule has 0 aromatic rings. The molecule has 0 heterocycles. The molecule has 0 spiro atoms. The van der Waals surface area contributed by atoms with Gasteiger partial charge < -0.3 is 4.74 Å². The fourth-order valence-corrected chi connectivity index (χ4v) is 0.391. The Morgan fingerprint density at radius 1 is 1.30 bits per heavy atom. The van der Waals surface area contributed by atoms with Crippen LogP contribution in [0.5, 0.6) is 0 Å².